The van der Waals surface area contributed by atoms with Crippen LogP contribution in [-0.2, 0) is 10.0 Å². The minimum absolute atomic E-state index is 0.226. The van der Waals surface area contributed by atoms with Crippen LogP contribution < -0.4 is 5.43 Å². The summed E-state index contributed by atoms with van der Waals surface area (Å²) in [4.78, 5) is 14.0. The number of hydrogen-bond acceptors (Lipinski definition) is 4. The van der Waals surface area contributed by atoms with E-state index in [1.54, 1.807) is 6.92 Å². The van der Waals surface area contributed by atoms with Crippen LogP contribution in [0.1, 0.15) is 26.2 Å². The zero-order valence-corrected chi connectivity index (χ0v) is 11.6. The molecule has 1 aromatic rings. The Morgan fingerprint density at radius 3 is 2.79 bits per heavy atom. The molecule has 1 unspecified atom stereocenters. The third kappa shape index (κ3) is 3.05. The van der Waals surface area contributed by atoms with Crippen LogP contribution in [0.4, 0.5) is 0 Å². The highest BCUT2D eigenvalue weighted by Gasteiger charge is 2.32. The summed E-state index contributed by atoms with van der Waals surface area (Å²) >= 11 is 0. The van der Waals surface area contributed by atoms with Crippen LogP contribution in [0.5, 0.6) is 0 Å². The average Bonchev–Trinajstić information content (AvgIpc) is 2.51. The molecular weight excluding hydrogens is 268 g/mol. The van der Waals surface area contributed by atoms with Gasteiger partial charge in [-0.1, -0.05) is 0 Å². The number of H-pyrrole nitrogens is 1. The van der Waals surface area contributed by atoms with Gasteiger partial charge in [-0.3, -0.25) is 4.79 Å². The van der Waals surface area contributed by atoms with E-state index in [0.717, 1.165) is 0 Å². The van der Waals surface area contributed by atoms with Gasteiger partial charge in [0.15, 0.2) is 0 Å². The highest BCUT2D eigenvalue weighted by molar-refractivity contribution is 7.89. The molecule has 0 spiro atoms. The summed E-state index contributed by atoms with van der Waals surface area (Å²) in [5.74, 6) is 0. The van der Waals surface area contributed by atoms with Gasteiger partial charge < -0.3 is 10.1 Å². The maximum atomic E-state index is 12.4. The maximum absolute atomic E-state index is 12.4. The van der Waals surface area contributed by atoms with Gasteiger partial charge in [0.1, 0.15) is 4.90 Å². The summed E-state index contributed by atoms with van der Waals surface area (Å²) in [7, 11) is -3.79. The van der Waals surface area contributed by atoms with Crippen molar-refractivity contribution in [3.8, 4) is 0 Å². The Bertz CT molecular complexity index is 606. The minimum atomic E-state index is -3.79. The number of aromatic amines is 1. The number of sulfonamides is 1. The lowest BCUT2D eigenvalue weighted by atomic mass is 9.98. The molecule has 0 saturated carbocycles. The van der Waals surface area contributed by atoms with Crippen molar-refractivity contribution >= 4 is 10.0 Å². The number of aliphatic hydroxyl groups is 1. The minimum Gasteiger partial charge on any atom is -0.390 e. The average molecular weight is 286 g/mol. The number of rotatable bonds is 2. The molecule has 1 atom stereocenters. The fourth-order valence-corrected chi connectivity index (χ4v) is 3.74. The monoisotopic (exact) mass is 286 g/mol. The molecule has 0 bridgehead atoms. The van der Waals surface area contributed by atoms with Crippen LogP contribution in [0.3, 0.4) is 0 Å². The van der Waals surface area contributed by atoms with Gasteiger partial charge in [-0.05, 0) is 26.2 Å². The lowest BCUT2D eigenvalue weighted by Gasteiger charge is -2.22. The molecule has 0 amide bonds. The van der Waals surface area contributed by atoms with Gasteiger partial charge in [0.2, 0.25) is 15.5 Å². The van der Waals surface area contributed by atoms with Gasteiger partial charge in [-0.25, -0.2) is 8.42 Å². The van der Waals surface area contributed by atoms with Crippen molar-refractivity contribution < 1.29 is 13.5 Å². The van der Waals surface area contributed by atoms with E-state index in [4.69, 9.17) is 0 Å². The van der Waals surface area contributed by atoms with Crippen molar-refractivity contribution in [2.75, 3.05) is 13.1 Å². The van der Waals surface area contributed by atoms with Crippen LogP contribution in [0.15, 0.2) is 28.2 Å². The van der Waals surface area contributed by atoms with E-state index in [2.05, 4.69) is 4.98 Å². The topological polar surface area (TPSA) is 90.5 Å². The van der Waals surface area contributed by atoms with Crippen LogP contribution >= 0.6 is 0 Å². The number of aromatic nitrogens is 1. The molecule has 1 fully saturated rings. The Morgan fingerprint density at radius 1 is 1.37 bits per heavy atom. The molecule has 1 saturated heterocycles. The van der Waals surface area contributed by atoms with Gasteiger partial charge >= 0.3 is 0 Å². The molecule has 2 rings (SSSR count). The summed E-state index contributed by atoms with van der Waals surface area (Å²) in [6, 6.07) is 1.20. The van der Waals surface area contributed by atoms with Crippen molar-refractivity contribution in [2.24, 2.45) is 0 Å². The zero-order valence-electron chi connectivity index (χ0n) is 10.8. The predicted octanol–water partition coefficient (Wildman–Crippen LogP) is 0.301. The first-order chi connectivity index (χ1) is 8.83. The fraction of sp³-hybridized carbons (Fsp3) is 0.583. The van der Waals surface area contributed by atoms with Gasteiger partial charge in [-0.2, -0.15) is 4.31 Å². The van der Waals surface area contributed by atoms with E-state index >= 15 is 0 Å². The Hall–Kier alpha value is -1.18. The number of nitrogens with one attached hydrogen (secondary N) is 1. The second-order valence-corrected chi connectivity index (χ2v) is 7.03. The highest BCUT2D eigenvalue weighted by atomic mass is 32.2. The summed E-state index contributed by atoms with van der Waals surface area (Å²) in [5, 5.41) is 9.97. The third-order valence-electron chi connectivity index (χ3n) is 3.43. The first-order valence-corrected chi connectivity index (χ1v) is 7.67. The second-order valence-electron chi connectivity index (χ2n) is 5.13. The molecule has 6 nitrogen and oxygen atoms in total. The third-order valence-corrected chi connectivity index (χ3v) is 5.35. The van der Waals surface area contributed by atoms with Crippen molar-refractivity contribution in [1.29, 1.82) is 0 Å². The zero-order chi connectivity index (χ0) is 14.1. The number of nitrogens with zero attached hydrogens (tertiary/aromatic N) is 1. The summed E-state index contributed by atoms with van der Waals surface area (Å²) in [6.07, 6.45) is 4.12. The molecule has 19 heavy (non-hydrogen) atoms. The first-order valence-electron chi connectivity index (χ1n) is 6.23. The molecule has 0 radical (unpaired) electrons. The summed E-state index contributed by atoms with van der Waals surface area (Å²) in [5.41, 5.74) is -1.36. The summed E-state index contributed by atoms with van der Waals surface area (Å²) in [6.45, 7) is 2.26. The lowest BCUT2D eigenvalue weighted by Crippen LogP contribution is -2.35. The first kappa shape index (κ1) is 14.2. The summed E-state index contributed by atoms with van der Waals surface area (Å²) < 4.78 is 26.1. The van der Waals surface area contributed by atoms with Crippen LogP contribution in [-0.4, -0.2) is 41.5 Å². The fourth-order valence-electron chi connectivity index (χ4n) is 2.22. The molecular formula is C12H18N2O4S. The molecule has 2 heterocycles. The second kappa shape index (κ2) is 5.07. The molecule has 7 heteroatoms. The Kier molecular flexibility index (Phi) is 3.80. The molecule has 0 aliphatic carbocycles. The van der Waals surface area contributed by atoms with Crippen LogP contribution in [0, 0.1) is 0 Å². The van der Waals surface area contributed by atoms with Crippen molar-refractivity contribution in [2.45, 2.75) is 36.7 Å². The van der Waals surface area contributed by atoms with E-state index in [1.807, 2.05) is 0 Å². The molecule has 1 aromatic heterocycles. The van der Waals surface area contributed by atoms with Crippen LogP contribution in [0.25, 0.3) is 0 Å². The van der Waals surface area contributed by atoms with Gasteiger partial charge in [0.25, 0.3) is 0 Å². The molecule has 2 N–H and O–H groups in total. The van der Waals surface area contributed by atoms with E-state index in [1.165, 1.54) is 22.8 Å². The van der Waals surface area contributed by atoms with E-state index in [0.29, 0.717) is 25.8 Å². The van der Waals surface area contributed by atoms with Gasteiger partial charge in [0.05, 0.1) is 5.60 Å². The largest absolute Gasteiger partial charge is 0.390 e. The normalized spacial score (nSPS) is 26.0. The molecule has 1 aliphatic rings. The van der Waals surface area contributed by atoms with Crippen molar-refractivity contribution in [3.05, 3.63) is 28.7 Å². The van der Waals surface area contributed by atoms with Gasteiger partial charge in [-0.15, -0.1) is 0 Å². The molecule has 106 valence electrons. The van der Waals surface area contributed by atoms with Crippen molar-refractivity contribution in [3.63, 3.8) is 0 Å². The van der Waals surface area contributed by atoms with Crippen LogP contribution in [0.2, 0.25) is 0 Å². The Morgan fingerprint density at radius 2 is 2.11 bits per heavy atom. The SMILES string of the molecule is CC1(O)CCCN(S(=O)(=O)c2c[nH]ccc2=O)CC1. The standard InChI is InChI=1S/C12H18N2O4S/c1-12(16)4-2-7-14(8-5-12)19(17,18)11-9-13-6-3-10(11)15/h3,6,9,16H,2,4-5,7-8H2,1H3,(H,13,15). The maximum Gasteiger partial charge on any atom is 0.248 e. The van der Waals surface area contributed by atoms with E-state index in [9.17, 15) is 18.3 Å². The quantitative estimate of drug-likeness (QED) is 0.818. The smallest absolute Gasteiger partial charge is 0.248 e. The van der Waals surface area contributed by atoms with Gasteiger partial charge in [0, 0.05) is 31.5 Å². The van der Waals surface area contributed by atoms with E-state index in [-0.39, 0.29) is 11.4 Å². The number of hydrogen-bond donors (Lipinski definition) is 2. The predicted molar refractivity (Wildman–Crippen MR) is 70.3 cm³/mol. The van der Waals surface area contributed by atoms with E-state index < -0.39 is 21.1 Å². The molecule has 1 aliphatic heterocycles. The number of pyridine rings is 1. The molecule has 0 aromatic carbocycles. The Balaban J connectivity index is 2.31. The lowest BCUT2D eigenvalue weighted by molar-refractivity contribution is 0.0465. The highest BCUT2D eigenvalue weighted by Crippen LogP contribution is 2.24. The Labute approximate surface area is 112 Å². The van der Waals surface area contributed by atoms with Crippen molar-refractivity contribution in [1.82, 2.24) is 9.29 Å².